The maximum Gasteiger partial charge on any atom is 0.416 e. The van der Waals surface area contributed by atoms with Crippen LogP contribution in [0.2, 0.25) is 0 Å². The number of rotatable bonds is 8. The van der Waals surface area contributed by atoms with Gasteiger partial charge in [0, 0.05) is 19.2 Å². The Bertz CT molecular complexity index is 1680. The highest BCUT2D eigenvalue weighted by Crippen LogP contribution is 2.57. The van der Waals surface area contributed by atoms with Crippen molar-refractivity contribution < 1.29 is 63.7 Å². The highest BCUT2D eigenvalue weighted by molar-refractivity contribution is 5.91. The minimum atomic E-state index is -5.18. The molecule has 0 spiro atoms. The molecular formula is C38H45F9N2O5. The van der Waals surface area contributed by atoms with E-state index in [1.54, 1.807) is 27.7 Å². The predicted octanol–water partition coefficient (Wildman–Crippen LogP) is 10.1. The van der Waals surface area contributed by atoms with Gasteiger partial charge >= 0.3 is 24.5 Å². The van der Waals surface area contributed by atoms with Crippen LogP contribution in [0.3, 0.4) is 0 Å². The molecule has 16 heteroatoms. The molecule has 2 fully saturated rings. The molecule has 1 heterocycles. The lowest BCUT2D eigenvalue weighted by atomic mass is 9.62. The van der Waals surface area contributed by atoms with Crippen LogP contribution in [0, 0.1) is 23.7 Å². The summed E-state index contributed by atoms with van der Waals surface area (Å²) in [5.41, 5.74) is -5.76. The number of amides is 2. The van der Waals surface area contributed by atoms with Gasteiger partial charge in [-0.05, 0) is 111 Å². The summed E-state index contributed by atoms with van der Waals surface area (Å²) in [6, 6.07) is 2.85. The third-order valence-corrected chi connectivity index (χ3v) is 11.4. The number of fused-ring (bicyclic) bond motifs is 1. The maximum absolute atomic E-state index is 16.2. The fourth-order valence-electron chi connectivity index (χ4n) is 8.21. The third kappa shape index (κ3) is 7.73. The largest absolute Gasteiger partial charge is 0.453 e. The van der Waals surface area contributed by atoms with E-state index >= 15 is 13.2 Å². The van der Waals surface area contributed by atoms with E-state index in [4.69, 9.17) is 9.47 Å². The normalized spacial score (nSPS) is 28.1. The fourth-order valence-corrected chi connectivity index (χ4v) is 8.21. The SMILES string of the molecule is COC(=O)N(Cc1cc(C(F)(F)F)cc(C(F)(F)F)c1)C1CC(C2CC2CO)N(C(=O)OC(C)C)c2ccc(C3(C)CCC(C(C)C)C(F)C3(F)F)cc21. The molecule has 0 aromatic heterocycles. The first-order valence-corrected chi connectivity index (χ1v) is 17.9. The molecule has 1 N–H and O–H groups in total. The van der Waals surface area contributed by atoms with E-state index in [0.29, 0.717) is 18.6 Å². The summed E-state index contributed by atoms with van der Waals surface area (Å²) >= 11 is 0. The Balaban J connectivity index is 1.72. The Morgan fingerprint density at radius 3 is 2.09 bits per heavy atom. The first-order valence-electron chi connectivity index (χ1n) is 17.9. The Morgan fingerprint density at radius 2 is 1.59 bits per heavy atom. The molecule has 0 bridgehead atoms. The molecule has 54 heavy (non-hydrogen) atoms. The molecular weight excluding hydrogens is 735 g/mol. The first kappa shape index (κ1) is 41.5. The quantitative estimate of drug-likeness (QED) is 0.270. The van der Waals surface area contributed by atoms with Crippen LogP contribution < -0.4 is 4.90 Å². The van der Waals surface area contributed by atoms with E-state index in [2.05, 4.69) is 0 Å². The van der Waals surface area contributed by atoms with Crippen LogP contribution in [0.5, 0.6) is 0 Å². The molecule has 2 aromatic carbocycles. The lowest BCUT2D eigenvalue weighted by Crippen LogP contribution is -2.57. The molecule has 2 aromatic rings. The molecule has 0 radical (unpaired) electrons. The van der Waals surface area contributed by atoms with Gasteiger partial charge in [0.25, 0.3) is 5.92 Å². The van der Waals surface area contributed by atoms with Gasteiger partial charge in [-0.2, -0.15) is 26.3 Å². The standard InChI is InChI=1S/C38H45F9N2O5/c1-19(2)26-9-10-35(5,36(40,41)32(26)39)23-7-8-29-28(15-23)30(16-31(27-13-22(27)18-50)49(29)34(52)54-20(3)4)48(33(51)53-6)17-21-11-24(37(42,43)44)14-25(12-21)38(45,46)47/h7-8,11-12,14-15,19-20,22,26-27,30-32,50H,9-10,13,16-18H2,1-6H3. The summed E-state index contributed by atoms with van der Waals surface area (Å²) in [6.07, 6.45) is -15.2. The van der Waals surface area contributed by atoms with E-state index in [1.807, 2.05) is 0 Å². The van der Waals surface area contributed by atoms with Gasteiger partial charge in [-0.3, -0.25) is 9.80 Å². The fraction of sp³-hybridized carbons (Fsp3) is 0.632. The number of benzene rings is 2. The number of hydrogen-bond donors (Lipinski definition) is 1. The number of carbonyl (C=O) groups excluding carboxylic acids is 2. The highest BCUT2D eigenvalue weighted by atomic mass is 19.4. The van der Waals surface area contributed by atoms with Gasteiger partial charge in [0.1, 0.15) is 0 Å². The molecule has 1 aliphatic heterocycles. The summed E-state index contributed by atoms with van der Waals surface area (Å²) in [6.45, 7) is 6.64. The van der Waals surface area contributed by atoms with Crippen molar-refractivity contribution in [3.8, 4) is 0 Å². The van der Waals surface area contributed by atoms with E-state index in [-0.39, 0.29) is 66.5 Å². The molecule has 3 aliphatic rings. The monoisotopic (exact) mass is 780 g/mol. The molecule has 300 valence electrons. The lowest BCUT2D eigenvalue weighted by Gasteiger charge is -2.49. The van der Waals surface area contributed by atoms with Crippen molar-refractivity contribution in [1.82, 2.24) is 4.90 Å². The first-order chi connectivity index (χ1) is 25.0. The van der Waals surface area contributed by atoms with Crippen LogP contribution in [0.15, 0.2) is 36.4 Å². The predicted molar refractivity (Wildman–Crippen MR) is 180 cm³/mol. The number of aliphatic hydroxyl groups is 1. The van der Waals surface area contributed by atoms with Gasteiger partial charge in [0.05, 0.1) is 41.5 Å². The number of nitrogens with zero attached hydrogens (tertiary/aromatic N) is 2. The van der Waals surface area contributed by atoms with Crippen molar-refractivity contribution in [2.75, 3.05) is 18.6 Å². The van der Waals surface area contributed by atoms with Crippen LogP contribution in [-0.2, 0) is 33.8 Å². The Morgan fingerprint density at radius 1 is 0.981 bits per heavy atom. The average Bonchev–Trinajstić information content (AvgIpc) is 3.87. The summed E-state index contributed by atoms with van der Waals surface area (Å²) in [4.78, 5) is 29.6. The number of halogens is 9. The van der Waals surface area contributed by atoms with Crippen LogP contribution in [0.4, 0.5) is 54.8 Å². The maximum atomic E-state index is 16.2. The molecule has 2 amide bonds. The molecule has 7 unspecified atom stereocenters. The number of alkyl halides is 9. The van der Waals surface area contributed by atoms with Gasteiger partial charge in [0.2, 0.25) is 0 Å². The third-order valence-electron chi connectivity index (χ3n) is 11.4. The Labute approximate surface area is 307 Å². The number of hydrogen-bond acceptors (Lipinski definition) is 5. The molecule has 7 atom stereocenters. The minimum Gasteiger partial charge on any atom is -0.453 e. The summed E-state index contributed by atoms with van der Waals surface area (Å²) in [5, 5.41) is 9.98. The zero-order valence-electron chi connectivity index (χ0n) is 30.7. The van der Waals surface area contributed by atoms with E-state index in [1.165, 1.54) is 30.0 Å². The number of methoxy groups -OCH3 is 1. The second-order valence-corrected chi connectivity index (χ2v) is 15.6. The van der Waals surface area contributed by atoms with Crippen molar-refractivity contribution in [1.29, 1.82) is 0 Å². The lowest BCUT2D eigenvalue weighted by molar-refractivity contribution is -0.177. The van der Waals surface area contributed by atoms with E-state index < -0.39 is 89.4 Å². The van der Waals surface area contributed by atoms with Crippen molar-refractivity contribution in [3.05, 3.63) is 64.2 Å². The van der Waals surface area contributed by atoms with Gasteiger partial charge in [-0.15, -0.1) is 0 Å². The summed E-state index contributed by atoms with van der Waals surface area (Å²) in [5.74, 6) is -5.84. The zero-order valence-corrected chi connectivity index (χ0v) is 30.7. The van der Waals surface area contributed by atoms with Crippen LogP contribution in [0.25, 0.3) is 0 Å². The van der Waals surface area contributed by atoms with Gasteiger partial charge in [0.15, 0.2) is 6.17 Å². The van der Waals surface area contributed by atoms with Crippen LogP contribution in [-0.4, -0.2) is 60.1 Å². The second kappa shape index (κ2) is 14.8. The van der Waals surface area contributed by atoms with E-state index in [0.717, 1.165) is 12.0 Å². The van der Waals surface area contributed by atoms with Crippen LogP contribution >= 0.6 is 0 Å². The Hall–Kier alpha value is -3.69. The summed E-state index contributed by atoms with van der Waals surface area (Å²) < 4.78 is 142. The molecule has 7 nitrogen and oxygen atoms in total. The van der Waals surface area contributed by atoms with Crippen molar-refractivity contribution in [3.63, 3.8) is 0 Å². The van der Waals surface area contributed by atoms with Gasteiger partial charge in [-0.1, -0.05) is 26.0 Å². The van der Waals surface area contributed by atoms with E-state index in [9.17, 15) is 41.0 Å². The van der Waals surface area contributed by atoms with Gasteiger partial charge in [-0.25, -0.2) is 22.8 Å². The Kier molecular flexibility index (Phi) is 11.3. The molecule has 0 saturated heterocycles. The average molecular weight is 781 g/mol. The van der Waals surface area contributed by atoms with Crippen molar-refractivity contribution >= 4 is 17.9 Å². The number of aliphatic hydroxyl groups excluding tert-OH is 1. The number of carbonyl (C=O) groups is 2. The number of ether oxygens (including phenoxy) is 2. The molecule has 2 saturated carbocycles. The molecule has 5 rings (SSSR count). The zero-order chi connectivity index (χ0) is 40.3. The van der Waals surface area contributed by atoms with Crippen molar-refractivity contribution in [2.45, 2.75) is 115 Å². The minimum absolute atomic E-state index is 0.0420. The second-order valence-electron chi connectivity index (χ2n) is 15.6. The topological polar surface area (TPSA) is 79.3 Å². The van der Waals surface area contributed by atoms with Gasteiger partial charge < -0.3 is 14.6 Å². The highest BCUT2D eigenvalue weighted by Gasteiger charge is 2.62. The summed E-state index contributed by atoms with van der Waals surface area (Å²) in [7, 11) is 0.964. The smallest absolute Gasteiger partial charge is 0.416 e. The van der Waals surface area contributed by atoms with Crippen molar-refractivity contribution in [2.24, 2.45) is 23.7 Å². The van der Waals surface area contributed by atoms with Crippen LogP contribution in [0.1, 0.15) is 94.2 Å². The number of anilines is 1. The molecule has 2 aliphatic carbocycles.